The molecule has 4 heteroatoms. The fourth-order valence-electron chi connectivity index (χ4n) is 3.25. The molecule has 1 aliphatic heterocycles. The van der Waals surface area contributed by atoms with Crippen molar-refractivity contribution in [2.24, 2.45) is 0 Å². The molecule has 0 fully saturated rings. The van der Waals surface area contributed by atoms with Crippen LogP contribution in [0.25, 0.3) is 11.4 Å². The highest BCUT2D eigenvalue weighted by molar-refractivity contribution is 5.55. The Morgan fingerprint density at radius 2 is 1.84 bits per heavy atom. The van der Waals surface area contributed by atoms with E-state index in [-0.39, 0.29) is 0 Å². The second-order valence-electron chi connectivity index (χ2n) is 6.76. The number of nitrogens with zero attached hydrogens (tertiary/aromatic N) is 4. The highest BCUT2D eigenvalue weighted by atomic mass is 15.1. The minimum atomic E-state index is 0.814. The van der Waals surface area contributed by atoms with Crippen molar-refractivity contribution in [3.63, 3.8) is 0 Å². The van der Waals surface area contributed by atoms with Crippen LogP contribution in [0.5, 0.6) is 0 Å². The van der Waals surface area contributed by atoms with Gasteiger partial charge in [0.15, 0.2) is 5.82 Å². The molecule has 3 heterocycles. The average Bonchev–Trinajstić information content (AvgIpc) is 2.62. The van der Waals surface area contributed by atoms with Crippen LogP contribution < -0.4 is 0 Å². The number of aryl methyl sites for hydroxylation is 2. The Labute approximate surface area is 148 Å². The zero-order valence-electron chi connectivity index (χ0n) is 14.7. The Kier molecular flexibility index (Phi) is 4.28. The number of pyridine rings is 1. The first kappa shape index (κ1) is 15.9. The second kappa shape index (κ2) is 6.73. The van der Waals surface area contributed by atoms with E-state index in [9.17, 15) is 0 Å². The molecule has 0 unspecified atom stereocenters. The third-order valence-corrected chi connectivity index (χ3v) is 4.67. The van der Waals surface area contributed by atoms with E-state index in [2.05, 4.69) is 58.2 Å². The Morgan fingerprint density at radius 1 is 1.00 bits per heavy atom. The van der Waals surface area contributed by atoms with Crippen LogP contribution in [0, 0.1) is 13.8 Å². The van der Waals surface area contributed by atoms with Gasteiger partial charge < -0.3 is 0 Å². The Balaban J connectivity index is 1.55. The maximum atomic E-state index is 4.85. The first-order valence-electron chi connectivity index (χ1n) is 8.74. The van der Waals surface area contributed by atoms with E-state index in [1.165, 1.54) is 11.1 Å². The van der Waals surface area contributed by atoms with Crippen LogP contribution in [0.4, 0.5) is 0 Å². The minimum Gasteiger partial charge on any atom is -0.291 e. The van der Waals surface area contributed by atoms with Gasteiger partial charge in [-0.25, -0.2) is 9.97 Å². The lowest BCUT2D eigenvalue weighted by molar-refractivity contribution is 0.238. The molecule has 0 spiro atoms. The molecule has 126 valence electrons. The molecule has 0 aliphatic carbocycles. The molecule has 3 aromatic rings. The maximum absolute atomic E-state index is 4.85. The molecule has 1 aromatic carbocycles. The highest BCUT2D eigenvalue weighted by Crippen LogP contribution is 2.22. The monoisotopic (exact) mass is 330 g/mol. The summed E-state index contributed by atoms with van der Waals surface area (Å²) in [5.41, 5.74) is 6.92. The fourth-order valence-corrected chi connectivity index (χ4v) is 3.25. The highest BCUT2D eigenvalue weighted by Gasteiger charge is 2.19. The molecular formula is C21H22N4. The summed E-state index contributed by atoms with van der Waals surface area (Å²) < 4.78 is 0. The van der Waals surface area contributed by atoms with E-state index in [1.54, 1.807) is 0 Å². The quantitative estimate of drug-likeness (QED) is 0.734. The molecule has 4 rings (SSSR count). The predicted octanol–water partition coefficient (Wildman–Crippen LogP) is 3.71. The summed E-state index contributed by atoms with van der Waals surface area (Å²) in [6.07, 6.45) is 3.00. The lowest BCUT2D eigenvalue weighted by atomic mass is 10.1. The number of fused-ring (bicyclic) bond motifs is 1. The second-order valence-corrected chi connectivity index (χ2v) is 6.76. The van der Waals surface area contributed by atoms with Crippen molar-refractivity contribution >= 4 is 0 Å². The van der Waals surface area contributed by atoms with Gasteiger partial charge in [-0.15, -0.1) is 0 Å². The Morgan fingerprint density at radius 3 is 2.64 bits per heavy atom. The lowest BCUT2D eigenvalue weighted by Gasteiger charge is -2.27. The standard InChI is InChI=1S/C21H22N4/c1-15-6-8-17(9-7-15)21-22-12-18-10-11-25(14-20(18)24-21)13-19-5-3-4-16(2)23-19/h3-9,12H,10-11,13-14H2,1-2H3. The van der Waals surface area contributed by atoms with Gasteiger partial charge in [0.2, 0.25) is 0 Å². The third-order valence-electron chi connectivity index (χ3n) is 4.67. The van der Waals surface area contributed by atoms with Crippen molar-refractivity contribution in [1.82, 2.24) is 19.9 Å². The van der Waals surface area contributed by atoms with Crippen molar-refractivity contribution in [3.8, 4) is 11.4 Å². The van der Waals surface area contributed by atoms with Crippen molar-refractivity contribution < 1.29 is 0 Å². The molecule has 0 N–H and O–H groups in total. The van der Waals surface area contributed by atoms with Gasteiger partial charge in [-0.3, -0.25) is 9.88 Å². The molecule has 0 saturated carbocycles. The van der Waals surface area contributed by atoms with Gasteiger partial charge in [-0.2, -0.15) is 0 Å². The summed E-state index contributed by atoms with van der Waals surface area (Å²) in [5, 5.41) is 0. The van der Waals surface area contributed by atoms with Crippen molar-refractivity contribution in [3.05, 3.63) is 76.9 Å². The van der Waals surface area contributed by atoms with E-state index in [4.69, 9.17) is 4.98 Å². The number of rotatable bonds is 3. The van der Waals surface area contributed by atoms with Crippen molar-refractivity contribution in [2.45, 2.75) is 33.4 Å². The molecule has 25 heavy (non-hydrogen) atoms. The number of hydrogen-bond donors (Lipinski definition) is 0. The number of aromatic nitrogens is 3. The molecule has 0 bridgehead atoms. The largest absolute Gasteiger partial charge is 0.291 e. The van der Waals surface area contributed by atoms with E-state index >= 15 is 0 Å². The van der Waals surface area contributed by atoms with Gasteiger partial charge in [0, 0.05) is 37.1 Å². The van der Waals surface area contributed by atoms with Gasteiger partial charge in [-0.1, -0.05) is 35.9 Å². The summed E-state index contributed by atoms with van der Waals surface area (Å²) in [5.74, 6) is 0.814. The van der Waals surface area contributed by atoms with Gasteiger partial charge in [0.25, 0.3) is 0 Å². The van der Waals surface area contributed by atoms with Crippen LogP contribution in [0.2, 0.25) is 0 Å². The Hall–Kier alpha value is -2.59. The topological polar surface area (TPSA) is 41.9 Å². The van der Waals surface area contributed by atoms with Crippen LogP contribution in [-0.4, -0.2) is 26.4 Å². The van der Waals surface area contributed by atoms with Gasteiger partial charge in [0.1, 0.15) is 0 Å². The summed E-state index contributed by atoms with van der Waals surface area (Å²) in [6, 6.07) is 14.6. The average molecular weight is 330 g/mol. The summed E-state index contributed by atoms with van der Waals surface area (Å²) in [6.45, 7) is 6.87. The van der Waals surface area contributed by atoms with Crippen LogP contribution in [0.15, 0.2) is 48.7 Å². The van der Waals surface area contributed by atoms with Crippen molar-refractivity contribution in [1.29, 1.82) is 0 Å². The Bertz CT molecular complexity index is 887. The first-order valence-corrected chi connectivity index (χ1v) is 8.74. The SMILES string of the molecule is Cc1ccc(-c2ncc3c(n2)CN(Cc2cccc(C)n2)CC3)cc1. The van der Waals surface area contributed by atoms with E-state index in [0.29, 0.717) is 0 Å². The van der Waals surface area contributed by atoms with Gasteiger partial charge >= 0.3 is 0 Å². The normalized spacial score (nSPS) is 14.3. The van der Waals surface area contributed by atoms with Gasteiger partial charge in [-0.05, 0) is 38.0 Å². The summed E-state index contributed by atoms with van der Waals surface area (Å²) in [4.78, 5) is 16.5. The maximum Gasteiger partial charge on any atom is 0.159 e. The summed E-state index contributed by atoms with van der Waals surface area (Å²) in [7, 11) is 0. The van der Waals surface area contributed by atoms with Crippen LogP contribution >= 0.6 is 0 Å². The van der Waals surface area contributed by atoms with Crippen LogP contribution in [0.1, 0.15) is 28.2 Å². The molecule has 4 nitrogen and oxygen atoms in total. The number of hydrogen-bond acceptors (Lipinski definition) is 4. The summed E-state index contributed by atoms with van der Waals surface area (Å²) >= 11 is 0. The predicted molar refractivity (Wildman–Crippen MR) is 99.0 cm³/mol. The van der Waals surface area contributed by atoms with E-state index in [0.717, 1.165) is 54.5 Å². The molecule has 1 aliphatic rings. The molecule has 0 atom stereocenters. The van der Waals surface area contributed by atoms with Crippen molar-refractivity contribution in [2.75, 3.05) is 6.54 Å². The zero-order valence-corrected chi connectivity index (χ0v) is 14.7. The fraction of sp³-hybridized carbons (Fsp3) is 0.286. The molecule has 2 aromatic heterocycles. The lowest BCUT2D eigenvalue weighted by Crippen LogP contribution is -2.31. The van der Waals surface area contributed by atoms with E-state index in [1.807, 2.05) is 19.2 Å². The molecular weight excluding hydrogens is 308 g/mol. The molecule has 0 saturated heterocycles. The molecule has 0 radical (unpaired) electrons. The smallest absolute Gasteiger partial charge is 0.159 e. The van der Waals surface area contributed by atoms with Crippen LogP contribution in [0.3, 0.4) is 0 Å². The molecule has 0 amide bonds. The van der Waals surface area contributed by atoms with E-state index < -0.39 is 0 Å². The minimum absolute atomic E-state index is 0.814. The number of benzene rings is 1. The van der Waals surface area contributed by atoms with Gasteiger partial charge in [0.05, 0.1) is 11.4 Å². The zero-order chi connectivity index (χ0) is 17.2. The van der Waals surface area contributed by atoms with Crippen LogP contribution in [-0.2, 0) is 19.5 Å². The first-order chi connectivity index (χ1) is 12.2. The third kappa shape index (κ3) is 3.59.